The minimum absolute atomic E-state index is 0.324. The second-order valence-corrected chi connectivity index (χ2v) is 6.41. The third kappa shape index (κ3) is 2.04. The number of halogens is 2. The van der Waals surface area contributed by atoms with E-state index in [4.69, 9.17) is 23.2 Å². The molecule has 4 rings (SSSR count). The third-order valence-corrected chi connectivity index (χ3v) is 4.88. The second kappa shape index (κ2) is 4.72. The fourth-order valence-corrected chi connectivity index (χ4v) is 3.79. The van der Waals surface area contributed by atoms with Gasteiger partial charge in [-0.1, -0.05) is 53.6 Å². The number of carbonyl (C=O) groups excluding carboxylic acids is 1. The summed E-state index contributed by atoms with van der Waals surface area (Å²) in [7, 11) is 0. The van der Waals surface area contributed by atoms with Gasteiger partial charge in [-0.15, -0.1) is 0 Å². The fourth-order valence-electron chi connectivity index (χ4n) is 3.28. The molecule has 3 aliphatic rings. The lowest BCUT2D eigenvalue weighted by molar-refractivity contribution is -0.104. The first kappa shape index (κ1) is 13.1. The Morgan fingerprint density at radius 1 is 1.19 bits per heavy atom. The van der Waals surface area contributed by atoms with E-state index in [0.717, 1.165) is 29.4 Å². The summed E-state index contributed by atoms with van der Waals surface area (Å²) in [5.41, 5.74) is 5.07. The Morgan fingerprint density at radius 2 is 2.05 bits per heavy atom. The molecular weight excluding hydrogens is 303 g/mol. The Balaban J connectivity index is 1.87. The number of aldehydes is 1. The Kier molecular flexibility index (Phi) is 2.95. The van der Waals surface area contributed by atoms with Gasteiger partial charge in [0.05, 0.1) is 0 Å². The Labute approximate surface area is 133 Å². The molecule has 2 atom stereocenters. The van der Waals surface area contributed by atoms with E-state index in [0.29, 0.717) is 21.9 Å². The molecule has 1 aromatic rings. The van der Waals surface area contributed by atoms with Crippen LogP contribution in [0.5, 0.6) is 0 Å². The number of allylic oxidation sites excluding steroid dienone is 8. The molecule has 0 fully saturated rings. The van der Waals surface area contributed by atoms with Gasteiger partial charge in [0.15, 0.2) is 6.29 Å². The molecule has 0 aromatic heterocycles. The van der Waals surface area contributed by atoms with Crippen LogP contribution in [0.3, 0.4) is 0 Å². The first-order chi connectivity index (χ1) is 10.2. The SMILES string of the molecule is O=CC1=C2C3=C[C@H]3C=CC2CC=C1c1ccc(Cl)cc1Cl. The number of benzene rings is 1. The van der Waals surface area contributed by atoms with Crippen molar-refractivity contribution in [3.63, 3.8) is 0 Å². The van der Waals surface area contributed by atoms with Gasteiger partial charge in [0, 0.05) is 33.0 Å². The highest BCUT2D eigenvalue weighted by Gasteiger charge is 2.37. The van der Waals surface area contributed by atoms with Crippen molar-refractivity contribution in [1.29, 1.82) is 0 Å². The van der Waals surface area contributed by atoms with E-state index < -0.39 is 0 Å². The Bertz CT molecular complexity index is 780. The molecule has 0 amide bonds. The van der Waals surface area contributed by atoms with Crippen molar-refractivity contribution in [2.75, 3.05) is 0 Å². The summed E-state index contributed by atoms with van der Waals surface area (Å²) >= 11 is 12.3. The van der Waals surface area contributed by atoms with Gasteiger partial charge in [-0.3, -0.25) is 4.79 Å². The highest BCUT2D eigenvalue weighted by molar-refractivity contribution is 6.36. The molecule has 0 radical (unpaired) electrons. The van der Waals surface area contributed by atoms with E-state index in [-0.39, 0.29) is 0 Å². The molecule has 0 N–H and O–H groups in total. The van der Waals surface area contributed by atoms with Crippen molar-refractivity contribution in [1.82, 2.24) is 0 Å². The standard InChI is InChI=1S/C18H12Cl2O/c19-12-4-6-14(17(20)8-12)13-5-3-10-1-2-11-7-15(11)18(10)16(13)9-21/h1-2,4-11H,3H2/t10?,11-/m1/s1. The van der Waals surface area contributed by atoms with Crippen molar-refractivity contribution in [3.8, 4) is 0 Å². The Hall–Kier alpha value is -1.57. The van der Waals surface area contributed by atoms with Crippen LogP contribution >= 0.6 is 23.2 Å². The van der Waals surface area contributed by atoms with Gasteiger partial charge in [-0.25, -0.2) is 0 Å². The average Bonchev–Trinajstić information content (AvgIpc) is 3.26. The van der Waals surface area contributed by atoms with Crippen LogP contribution < -0.4 is 0 Å². The van der Waals surface area contributed by atoms with E-state index in [2.05, 4.69) is 24.3 Å². The van der Waals surface area contributed by atoms with Crippen LogP contribution in [0.1, 0.15) is 12.0 Å². The molecule has 0 bridgehead atoms. The smallest absolute Gasteiger partial charge is 0.150 e. The molecule has 0 saturated carbocycles. The monoisotopic (exact) mass is 314 g/mol. The van der Waals surface area contributed by atoms with Crippen molar-refractivity contribution < 1.29 is 4.79 Å². The predicted octanol–water partition coefficient (Wildman–Crippen LogP) is 5.02. The molecule has 21 heavy (non-hydrogen) atoms. The fraction of sp³-hybridized carbons (Fsp3) is 0.167. The van der Waals surface area contributed by atoms with Crippen LogP contribution in [0.25, 0.3) is 5.57 Å². The summed E-state index contributed by atoms with van der Waals surface area (Å²) < 4.78 is 0. The molecule has 104 valence electrons. The summed E-state index contributed by atoms with van der Waals surface area (Å²) in [5, 5.41) is 1.18. The van der Waals surface area contributed by atoms with E-state index >= 15 is 0 Å². The summed E-state index contributed by atoms with van der Waals surface area (Å²) in [5.74, 6) is 0.760. The molecule has 0 aliphatic heterocycles. The van der Waals surface area contributed by atoms with Crippen LogP contribution in [-0.2, 0) is 4.79 Å². The van der Waals surface area contributed by atoms with Gasteiger partial charge in [-0.2, -0.15) is 0 Å². The zero-order valence-electron chi connectivity index (χ0n) is 11.1. The molecule has 1 unspecified atom stereocenters. The number of hydrogen-bond acceptors (Lipinski definition) is 1. The highest BCUT2D eigenvalue weighted by Crippen LogP contribution is 2.50. The number of hydrogen-bond donors (Lipinski definition) is 0. The average molecular weight is 315 g/mol. The molecule has 0 saturated heterocycles. The first-order valence-electron chi connectivity index (χ1n) is 6.94. The molecule has 3 aliphatic carbocycles. The highest BCUT2D eigenvalue weighted by atomic mass is 35.5. The van der Waals surface area contributed by atoms with Crippen LogP contribution in [0.4, 0.5) is 0 Å². The lowest BCUT2D eigenvalue weighted by Crippen LogP contribution is -2.14. The van der Waals surface area contributed by atoms with E-state index in [1.807, 2.05) is 12.1 Å². The normalized spacial score (nSPS) is 25.8. The zero-order chi connectivity index (χ0) is 14.6. The molecular formula is C18H12Cl2O. The van der Waals surface area contributed by atoms with Gasteiger partial charge >= 0.3 is 0 Å². The largest absolute Gasteiger partial charge is 0.298 e. The maximum atomic E-state index is 11.7. The van der Waals surface area contributed by atoms with Crippen LogP contribution in [0, 0.1) is 11.8 Å². The first-order valence-corrected chi connectivity index (χ1v) is 7.70. The predicted molar refractivity (Wildman–Crippen MR) is 86.3 cm³/mol. The second-order valence-electron chi connectivity index (χ2n) is 5.56. The van der Waals surface area contributed by atoms with Gasteiger partial charge in [0.25, 0.3) is 0 Å². The number of fused-ring (bicyclic) bond motifs is 3. The van der Waals surface area contributed by atoms with Crippen LogP contribution in [0.2, 0.25) is 10.0 Å². The maximum Gasteiger partial charge on any atom is 0.150 e. The van der Waals surface area contributed by atoms with Crippen LogP contribution in [-0.4, -0.2) is 6.29 Å². The van der Waals surface area contributed by atoms with Crippen LogP contribution in [0.15, 0.2) is 59.2 Å². The third-order valence-electron chi connectivity index (χ3n) is 4.34. The van der Waals surface area contributed by atoms with Crippen molar-refractivity contribution in [3.05, 3.63) is 74.8 Å². The lowest BCUT2D eigenvalue weighted by atomic mass is 9.77. The minimum atomic E-state index is 0.324. The lowest BCUT2D eigenvalue weighted by Gasteiger charge is -2.27. The quantitative estimate of drug-likeness (QED) is 0.553. The molecule has 1 aromatic carbocycles. The number of rotatable bonds is 2. The summed E-state index contributed by atoms with van der Waals surface area (Å²) in [6, 6.07) is 5.42. The zero-order valence-corrected chi connectivity index (χ0v) is 12.7. The molecule has 0 spiro atoms. The molecule has 0 heterocycles. The summed E-state index contributed by atoms with van der Waals surface area (Å²) in [4.78, 5) is 11.7. The van der Waals surface area contributed by atoms with Crippen molar-refractivity contribution >= 4 is 35.1 Å². The molecule has 1 nitrogen and oxygen atoms in total. The minimum Gasteiger partial charge on any atom is -0.298 e. The van der Waals surface area contributed by atoms with Gasteiger partial charge in [-0.05, 0) is 35.3 Å². The number of carbonyl (C=O) groups is 1. The maximum absolute atomic E-state index is 11.7. The van der Waals surface area contributed by atoms with E-state index in [1.54, 1.807) is 6.07 Å². The van der Waals surface area contributed by atoms with Gasteiger partial charge in [0.2, 0.25) is 0 Å². The topological polar surface area (TPSA) is 17.1 Å². The van der Waals surface area contributed by atoms with E-state index in [1.165, 1.54) is 11.1 Å². The summed E-state index contributed by atoms with van der Waals surface area (Å²) in [6.45, 7) is 0. The van der Waals surface area contributed by atoms with Crippen molar-refractivity contribution in [2.24, 2.45) is 11.8 Å². The van der Waals surface area contributed by atoms with Gasteiger partial charge in [0.1, 0.15) is 0 Å². The molecule has 3 heteroatoms. The summed E-state index contributed by atoms with van der Waals surface area (Å²) in [6.07, 6.45) is 10.6. The Morgan fingerprint density at radius 3 is 2.81 bits per heavy atom. The van der Waals surface area contributed by atoms with Crippen molar-refractivity contribution in [2.45, 2.75) is 6.42 Å². The van der Waals surface area contributed by atoms with Gasteiger partial charge < -0.3 is 0 Å². The van der Waals surface area contributed by atoms with E-state index in [9.17, 15) is 4.79 Å².